The van der Waals surface area contributed by atoms with Gasteiger partial charge in [0.05, 0.1) is 13.5 Å². The van der Waals surface area contributed by atoms with Crippen LogP contribution in [0.5, 0.6) is 0 Å². The summed E-state index contributed by atoms with van der Waals surface area (Å²) in [5, 5.41) is 0. The molecule has 4 nitrogen and oxygen atoms in total. The van der Waals surface area contributed by atoms with Crippen molar-refractivity contribution in [2.75, 3.05) is 13.7 Å². The normalized spacial score (nSPS) is 23.5. The largest absolute Gasteiger partial charge is 0.469 e. The van der Waals surface area contributed by atoms with Gasteiger partial charge >= 0.3 is 5.97 Å². The van der Waals surface area contributed by atoms with Crippen LogP contribution in [0.2, 0.25) is 0 Å². The zero-order chi connectivity index (χ0) is 13.5. The van der Waals surface area contributed by atoms with E-state index >= 15 is 0 Å². The highest BCUT2D eigenvalue weighted by atomic mass is 16.5. The van der Waals surface area contributed by atoms with E-state index in [0.29, 0.717) is 31.3 Å². The van der Waals surface area contributed by atoms with E-state index in [2.05, 4.69) is 11.7 Å². The number of carbonyl (C=O) groups is 2. The molecule has 1 aliphatic carbocycles. The summed E-state index contributed by atoms with van der Waals surface area (Å²) in [5.74, 6) is 0.442. The first-order valence-corrected chi connectivity index (χ1v) is 6.96. The lowest BCUT2D eigenvalue weighted by molar-refractivity contribution is -0.142. The molecule has 1 rings (SSSR count). The van der Waals surface area contributed by atoms with E-state index in [4.69, 9.17) is 0 Å². The highest BCUT2D eigenvalue weighted by Gasteiger charge is 2.29. The predicted molar refractivity (Wildman–Crippen MR) is 70.1 cm³/mol. The Morgan fingerprint density at radius 2 is 1.94 bits per heavy atom. The first kappa shape index (κ1) is 15.0. The number of ether oxygens (including phenoxy) is 1. The van der Waals surface area contributed by atoms with E-state index in [1.807, 2.05) is 11.8 Å². The van der Waals surface area contributed by atoms with Gasteiger partial charge in [-0.05, 0) is 18.8 Å². The van der Waals surface area contributed by atoms with Gasteiger partial charge in [-0.15, -0.1) is 0 Å². The maximum atomic E-state index is 12.0. The first-order valence-electron chi connectivity index (χ1n) is 6.96. The van der Waals surface area contributed by atoms with Gasteiger partial charge in [0.1, 0.15) is 0 Å². The van der Waals surface area contributed by atoms with Crippen molar-refractivity contribution in [2.45, 2.75) is 58.4 Å². The SMILES string of the molecule is CCC(=O)N(CCC(=O)OC)C1CCCCC1C. The Morgan fingerprint density at radius 3 is 2.50 bits per heavy atom. The van der Waals surface area contributed by atoms with Gasteiger partial charge in [-0.2, -0.15) is 0 Å². The Bertz CT molecular complexity index is 291. The number of carbonyl (C=O) groups excluding carboxylic acids is 2. The van der Waals surface area contributed by atoms with Crippen LogP contribution in [0.15, 0.2) is 0 Å². The minimum atomic E-state index is -0.243. The number of nitrogens with zero attached hydrogens (tertiary/aromatic N) is 1. The Hall–Kier alpha value is -1.06. The van der Waals surface area contributed by atoms with Crippen molar-refractivity contribution in [3.05, 3.63) is 0 Å². The van der Waals surface area contributed by atoms with E-state index < -0.39 is 0 Å². The van der Waals surface area contributed by atoms with Crippen LogP contribution in [0, 0.1) is 5.92 Å². The molecule has 1 amide bonds. The van der Waals surface area contributed by atoms with Crippen molar-refractivity contribution >= 4 is 11.9 Å². The number of hydrogen-bond donors (Lipinski definition) is 0. The molecule has 0 saturated heterocycles. The van der Waals surface area contributed by atoms with E-state index in [9.17, 15) is 9.59 Å². The summed E-state index contributed by atoms with van der Waals surface area (Å²) < 4.78 is 4.65. The smallest absolute Gasteiger partial charge is 0.307 e. The third kappa shape index (κ3) is 4.00. The Kier molecular flexibility index (Phi) is 6.16. The summed E-state index contributed by atoms with van der Waals surface area (Å²) >= 11 is 0. The maximum absolute atomic E-state index is 12.0. The molecule has 4 heteroatoms. The highest BCUT2D eigenvalue weighted by Crippen LogP contribution is 2.28. The Morgan fingerprint density at radius 1 is 1.28 bits per heavy atom. The maximum Gasteiger partial charge on any atom is 0.307 e. The summed E-state index contributed by atoms with van der Waals surface area (Å²) in [6, 6.07) is 0.302. The Labute approximate surface area is 110 Å². The minimum absolute atomic E-state index is 0.151. The molecule has 104 valence electrons. The number of esters is 1. The van der Waals surface area contributed by atoms with Gasteiger partial charge in [0.2, 0.25) is 5.91 Å². The topological polar surface area (TPSA) is 46.6 Å². The number of hydrogen-bond acceptors (Lipinski definition) is 3. The number of methoxy groups -OCH3 is 1. The van der Waals surface area contributed by atoms with Crippen LogP contribution < -0.4 is 0 Å². The second-order valence-corrected chi connectivity index (χ2v) is 5.10. The van der Waals surface area contributed by atoms with Crippen molar-refractivity contribution in [1.82, 2.24) is 4.90 Å². The van der Waals surface area contributed by atoms with Crippen LogP contribution in [0.4, 0.5) is 0 Å². The van der Waals surface area contributed by atoms with Crippen molar-refractivity contribution in [2.24, 2.45) is 5.92 Å². The van der Waals surface area contributed by atoms with Gasteiger partial charge in [0.15, 0.2) is 0 Å². The van der Waals surface area contributed by atoms with Crippen molar-refractivity contribution < 1.29 is 14.3 Å². The summed E-state index contributed by atoms with van der Waals surface area (Å²) in [6.45, 7) is 4.58. The molecule has 0 aliphatic heterocycles. The van der Waals surface area contributed by atoms with Gasteiger partial charge in [0, 0.05) is 19.0 Å². The number of rotatable bonds is 5. The van der Waals surface area contributed by atoms with Crippen molar-refractivity contribution in [3.63, 3.8) is 0 Å². The summed E-state index contributed by atoms with van der Waals surface area (Å²) in [6.07, 6.45) is 5.48. The summed E-state index contributed by atoms with van der Waals surface area (Å²) in [7, 11) is 1.39. The molecule has 2 atom stereocenters. The second kappa shape index (κ2) is 7.39. The molecule has 0 aromatic rings. The zero-order valence-electron chi connectivity index (χ0n) is 11.8. The lowest BCUT2D eigenvalue weighted by atomic mass is 9.84. The molecule has 1 aliphatic rings. The molecule has 0 heterocycles. The minimum Gasteiger partial charge on any atom is -0.469 e. The third-order valence-electron chi connectivity index (χ3n) is 3.87. The molecule has 2 unspecified atom stereocenters. The summed E-state index contributed by atoms with van der Waals surface area (Å²) in [4.78, 5) is 25.2. The van der Waals surface area contributed by atoms with Gasteiger partial charge < -0.3 is 9.64 Å². The van der Waals surface area contributed by atoms with Crippen LogP contribution in [0.3, 0.4) is 0 Å². The van der Waals surface area contributed by atoms with Gasteiger partial charge in [0.25, 0.3) is 0 Å². The molecule has 0 aromatic heterocycles. The first-order chi connectivity index (χ1) is 8.60. The predicted octanol–water partition coefficient (Wildman–Crippen LogP) is 2.37. The van der Waals surface area contributed by atoms with E-state index in [-0.39, 0.29) is 11.9 Å². The van der Waals surface area contributed by atoms with E-state index in [1.54, 1.807) is 0 Å². The lowest BCUT2D eigenvalue weighted by Crippen LogP contribution is -2.46. The fraction of sp³-hybridized carbons (Fsp3) is 0.857. The molecule has 1 fully saturated rings. The molecule has 0 bridgehead atoms. The molecule has 1 saturated carbocycles. The molecule has 18 heavy (non-hydrogen) atoms. The molecule has 0 aromatic carbocycles. The average Bonchev–Trinajstić information content (AvgIpc) is 2.40. The molecule has 0 radical (unpaired) electrons. The van der Waals surface area contributed by atoms with Crippen LogP contribution >= 0.6 is 0 Å². The molecule has 0 spiro atoms. The average molecular weight is 255 g/mol. The molecule has 0 N–H and O–H groups in total. The highest BCUT2D eigenvalue weighted by molar-refractivity contribution is 5.77. The standard InChI is InChI=1S/C14H25NO3/c1-4-13(16)15(10-9-14(17)18-3)12-8-6-5-7-11(12)2/h11-12H,4-10H2,1-3H3. The zero-order valence-corrected chi connectivity index (χ0v) is 11.8. The lowest BCUT2D eigenvalue weighted by Gasteiger charge is -2.38. The van der Waals surface area contributed by atoms with Crippen LogP contribution in [0.25, 0.3) is 0 Å². The van der Waals surface area contributed by atoms with Crippen LogP contribution in [-0.2, 0) is 14.3 Å². The quantitative estimate of drug-likeness (QED) is 0.708. The fourth-order valence-electron chi connectivity index (χ4n) is 2.75. The summed E-state index contributed by atoms with van der Waals surface area (Å²) in [5.41, 5.74) is 0. The van der Waals surface area contributed by atoms with E-state index in [1.165, 1.54) is 26.4 Å². The monoisotopic (exact) mass is 255 g/mol. The Balaban J connectivity index is 2.64. The van der Waals surface area contributed by atoms with Crippen LogP contribution in [0.1, 0.15) is 52.4 Å². The van der Waals surface area contributed by atoms with Gasteiger partial charge in [-0.3, -0.25) is 9.59 Å². The van der Waals surface area contributed by atoms with Crippen LogP contribution in [-0.4, -0.2) is 36.5 Å². The fourth-order valence-corrected chi connectivity index (χ4v) is 2.75. The van der Waals surface area contributed by atoms with Crippen molar-refractivity contribution in [3.8, 4) is 0 Å². The number of amides is 1. The van der Waals surface area contributed by atoms with Gasteiger partial charge in [-0.25, -0.2) is 0 Å². The second-order valence-electron chi connectivity index (χ2n) is 5.10. The molecular weight excluding hydrogens is 230 g/mol. The molecular formula is C14H25NO3. The third-order valence-corrected chi connectivity index (χ3v) is 3.87. The van der Waals surface area contributed by atoms with Crippen molar-refractivity contribution in [1.29, 1.82) is 0 Å². The van der Waals surface area contributed by atoms with Gasteiger partial charge in [-0.1, -0.05) is 26.7 Å². The van der Waals surface area contributed by atoms with E-state index in [0.717, 1.165) is 6.42 Å².